The van der Waals surface area contributed by atoms with Gasteiger partial charge >= 0.3 is 0 Å². The zero-order valence-electron chi connectivity index (χ0n) is 11.4. The van der Waals surface area contributed by atoms with E-state index in [0.29, 0.717) is 12.2 Å². The molecule has 0 fully saturated rings. The summed E-state index contributed by atoms with van der Waals surface area (Å²) in [6.07, 6.45) is 2.04. The van der Waals surface area contributed by atoms with Crippen LogP contribution < -0.4 is 4.90 Å². The van der Waals surface area contributed by atoms with Gasteiger partial charge in [0.2, 0.25) is 0 Å². The number of thioether (sulfide) groups is 1. The van der Waals surface area contributed by atoms with E-state index in [1.54, 1.807) is 23.9 Å². The van der Waals surface area contributed by atoms with Crippen LogP contribution in [0.3, 0.4) is 0 Å². The Balaban J connectivity index is 2.19. The van der Waals surface area contributed by atoms with Crippen molar-refractivity contribution in [3.63, 3.8) is 0 Å². The number of nitro benzene ring substituents is 1. The number of hydrogen-bond acceptors (Lipinski definition) is 4. The van der Waals surface area contributed by atoms with Crippen LogP contribution >= 0.6 is 11.8 Å². The highest BCUT2D eigenvalue weighted by Crippen LogP contribution is 2.27. The molecule has 0 aliphatic heterocycles. The van der Waals surface area contributed by atoms with Gasteiger partial charge < -0.3 is 4.90 Å². The molecule has 0 radical (unpaired) electrons. The van der Waals surface area contributed by atoms with E-state index >= 15 is 0 Å². The minimum atomic E-state index is -0.345. The molecule has 2 rings (SSSR count). The van der Waals surface area contributed by atoms with Gasteiger partial charge in [0, 0.05) is 24.6 Å². The molecule has 0 spiro atoms. The maximum atomic E-state index is 11.0. The van der Waals surface area contributed by atoms with E-state index in [-0.39, 0.29) is 10.6 Å². The molecule has 0 saturated carbocycles. The van der Waals surface area contributed by atoms with Gasteiger partial charge in [0.25, 0.3) is 5.69 Å². The molecule has 0 aliphatic rings. The fourth-order valence-electron chi connectivity index (χ4n) is 2.03. The van der Waals surface area contributed by atoms with Crippen molar-refractivity contribution in [2.24, 2.45) is 0 Å². The lowest BCUT2D eigenvalue weighted by Gasteiger charge is -2.19. The Morgan fingerprint density at radius 1 is 1.15 bits per heavy atom. The largest absolute Gasteiger partial charge is 0.365 e. The molecule has 0 aromatic heterocycles. The monoisotopic (exact) mass is 288 g/mol. The van der Waals surface area contributed by atoms with Crippen molar-refractivity contribution in [3.8, 4) is 0 Å². The maximum Gasteiger partial charge on any atom is 0.292 e. The summed E-state index contributed by atoms with van der Waals surface area (Å²) >= 11 is 1.70. The highest BCUT2D eigenvalue weighted by atomic mass is 32.2. The Morgan fingerprint density at radius 2 is 1.80 bits per heavy atom. The zero-order valence-corrected chi connectivity index (χ0v) is 12.3. The van der Waals surface area contributed by atoms with Crippen LogP contribution in [0.5, 0.6) is 0 Å². The molecule has 0 unspecified atom stereocenters. The SMILES string of the molecule is CSc1ccc(CN(C)c2ccccc2[N+](=O)[O-])cc1. The summed E-state index contributed by atoms with van der Waals surface area (Å²) in [6.45, 7) is 0.638. The number of hydrogen-bond donors (Lipinski definition) is 0. The molecular formula is C15H16N2O2S. The Morgan fingerprint density at radius 3 is 2.40 bits per heavy atom. The lowest BCUT2D eigenvalue weighted by Crippen LogP contribution is -2.17. The van der Waals surface area contributed by atoms with Gasteiger partial charge in [0.15, 0.2) is 0 Å². The Labute approximate surface area is 122 Å². The predicted octanol–water partition coefficient (Wildman–Crippen LogP) is 3.95. The molecule has 0 heterocycles. The maximum absolute atomic E-state index is 11.0. The third kappa shape index (κ3) is 3.30. The Kier molecular flexibility index (Phi) is 4.63. The van der Waals surface area contributed by atoms with E-state index in [4.69, 9.17) is 0 Å². The summed E-state index contributed by atoms with van der Waals surface area (Å²) in [5.74, 6) is 0. The Hall–Kier alpha value is -2.01. The topological polar surface area (TPSA) is 46.4 Å². The number of nitrogens with zero attached hydrogens (tertiary/aromatic N) is 2. The molecule has 2 aromatic carbocycles. The molecule has 0 aliphatic carbocycles. The van der Waals surface area contributed by atoms with Crippen LogP contribution in [-0.4, -0.2) is 18.2 Å². The van der Waals surface area contributed by atoms with Gasteiger partial charge in [-0.05, 0) is 30.0 Å². The molecule has 0 atom stereocenters. The normalized spacial score (nSPS) is 10.3. The van der Waals surface area contributed by atoms with Gasteiger partial charge in [-0.25, -0.2) is 0 Å². The van der Waals surface area contributed by atoms with E-state index in [2.05, 4.69) is 24.3 Å². The highest BCUT2D eigenvalue weighted by molar-refractivity contribution is 7.98. The molecule has 5 heteroatoms. The number of para-hydroxylation sites is 2. The smallest absolute Gasteiger partial charge is 0.292 e. The van der Waals surface area contributed by atoms with Crippen LogP contribution in [0.1, 0.15) is 5.56 Å². The fourth-order valence-corrected chi connectivity index (χ4v) is 2.44. The van der Waals surface area contributed by atoms with E-state index in [0.717, 1.165) is 5.56 Å². The average molecular weight is 288 g/mol. The van der Waals surface area contributed by atoms with Crippen molar-refractivity contribution in [3.05, 3.63) is 64.2 Å². The minimum absolute atomic E-state index is 0.135. The molecule has 104 valence electrons. The van der Waals surface area contributed by atoms with Gasteiger partial charge in [-0.15, -0.1) is 11.8 Å². The van der Waals surface area contributed by atoms with Crippen LogP contribution in [0.2, 0.25) is 0 Å². The molecule has 4 nitrogen and oxygen atoms in total. The fraction of sp³-hybridized carbons (Fsp3) is 0.200. The summed E-state index contributed by atoms with van der Waals surface area (Å²) in [6, 6.07) is 15.0. The van der Waals surface area contributed by atoms with Gasteiger partial charge in [-0.1, -0.05) is 24.3 Å². The van der Waals surface area contributed by atoms with Gasteiger partial charge in [0.1, 0.15) is 5.69 Å². The average Bonchev–Trinajstić information content (AvgIpc) is 2.48. The number of benzene rings is 2. The van der Waals surface area contributed by atoms with Crippen LogP contribution in [0.25, 0.3) is 0 Å². The number of rotatable bonds is 5. The predicted molar refractivity (Wildman–Crippen MR) is 83.4 cm³/mol. The van der Waals surface area contributed by atoms with Crippen LogP contribution in [0, 0.1) is 10.1 Å². The summed E-state index contributed by atoms with van der Waals surface area (Å²) < 4.78 is 0. The van der Waals surface area contributed by atoms with Gasteiger partial charge in [0.05, 0.1) is 4.92 Å². The van der Waals surface area contributed by atoms with Crippen LogP contribution in [-0.2, 0) is 6.54 Å². The van der Waals surface area contributed by atoms with Gasteiger partial charge in [-0.3, -0.25) is 10.1 Å². The summed E-state index contributed by atoms with van der Waals surface area (Å²) in [5.41, 5.74) is 1.89. The molecule has 0 amide bonds. The zero-order chi connectivity index (χ0) is 14.5. The second-order valence-corrected chi connectivity index (χ2v) is 5.33. The summed E-state index contributed by atoms with van der Waals surface area (Å²) in [5, 5.41) is 11.0. The lowest BCUT2D eigenvalue weighted by molar-refractivity contribution is -0.384. The highest BCUT2D eigenvalue weighted by Gasteiger charge is 2.15. The van der Waals surface area contributed by atoms with E-state index in [1.807, 2.05) is 24.3 Å². The molecular weight excluding hydrogens is 272 g/mol. The first-order chi connectivity index (χ1) is 9.61. The first kappa shape index (κ1) is 14.4. The molecule has 0 saturated heterocycles. The first-order valence-corrected chi connectivity index (χ1v) is 7.42. The third-order valence-electron chi connectivity index (χ3n) is 3.07. The van der Waals surface area contributed by atoms with Crippen LogP contribution in [0.15, 0.2) is 53.4 Å². The summed E-state index contributed by atoms with van der Waals surface area (Å²) in [4.78, 5) is 13.8. The van der Waals surface area contributed by atoms with Crippen molar-refractivity contribution in [2.45, 2.75) is 11.4 Å². The van der Waals surface area contributed by atoms with Crippen molar-refractivity contribution in [2.75, 3.05) is 18.2 Å². The minimum Gasteiger partial charge on any atom is -0.365 e. The second-order valence-electron chi connectivity index (χ2n) is 4.45. The standard InChI is InChI=1S/C15H16N2O2S/c1-16(11-12-7-9-13(20-2)10-8-12)14-5-3-4-6-15(14)17(18)19/h3-10H,11H2,1-2H3. The number of nitro groups is 1. The van der Waals surface area contributed by atoms with Crippen molar-refractivity contribution in [1.29, 1.82) is 0 Å². The van der Waals surface area contributed by atoms with Crippen LogP contribution in [0.4, 0.5) is 11.4 Å². The van der Waals surface area contributed by atoms with Crippen molar-refractivity contribution in [1.82, 2.24) is 0 Å². The van der Waals surface area contributed by atoms with Gasteiger partial charge in [-0.2, -0.15) is 0 Å². The number of anilines is 1. The molecule has 2 aromatic rings. The first-order valence-electron chi connectivity index (χ1n) is 6.19. The Bertz CT molecular complexity index is 599. The second kappa shape index (κ2) is 6.43. The lowest BCUT2D eigenvalue weighted by atomic mass is 10.2. The van der Waals surface area contributed by atoms with E-state index in [9.17, 15) is 10.1 Å². The molecule has 0 bridgehead atoms. The van der Waals surface area contributed by atoms with E-state index in [1.165, 1.54) is 11.0 Å². The third-order valence-corrected chi connectivity index (χ3v) is 3.81. The van der Waals surface area contributed by atoms with Crippen molar-refractivity contribution >= 4 is 23.1 Å². The molecule has 0 N–H and O–H groups in total. The molecule has 20 heavy (non-hydrogen) atoms. The quantitative estimate of drug-likeness (QED) is 0.475. The van der Waals surface area contributed by atoms with Crippen molar-refractivity contribution < 1.29 is 4.92 Å². The summed E-state index contributed by atoms with van der Waals surface area (Å²) in [7, 11) is 1.87. The van der Waals surface area contributed by atoms with E-state index < -0.39 is 0 Å².